The molecule has 3 heterocycles. The largest absolute Gasteiger partial charge is 0.477 e. The summed E-state index contributed by atoms with van der Waals surface area (Å²) < 4.78 is 34.5. The summed E-state index contributed by atoms with van der Waals surface area (Å²) in [6.45, 7) is 1.98. The summed E-state index contributed by atoms with van der Waals surface area (Å²) in [5.41, 5.74) is 0. The van der Waals surface area contributed by atoms with Gasteiger partial charge in [0, 0.05) is 19.8 Å². The van der Waals surface area contributed by atoms with Crippen molar-refractivity contribution in [2.75, 3.05) is 26.4 Å². The highest BCUT2D eigenvalue weighted by Gasteiger charge is 2.60. The number of aliphatic hydroxyl groups excluding tert-OH is 11. The summed E-state index contributed by atoms with van der Waals surface area (Å²) in [5, 5.41) is 135. The van der Waals surface area contributed by atoms with Crippen LogP contribution in [0.5, 0.6) is 0 Å². The van der Waals surface area contributed by atoms with Crippen LogP contribution in [0.3, 0.4) is 0 Å². The number of nitrogens with one attached hydrogen (secondary N) is 2. The van der Waals surface area contributed by atoms with Gasteiger partial charge in [-0.25, -0.2) is 4.79 Å². The Bertz CT molecular complexity index is 1760. The second-order valence-corrected chi connectivity index (χ2v) is 20.8. The minimum absolute atomic E-state index is 0.185. The Labute approximate surface area is 459 Å². The molecule has 78 heavy (non-hydrogen) atoms. The second kappa shape index (κ2) is 37.9. The van der Waals surface area contributed by atoms with Crippen molar-refractivity contribution < 1.29 is 104 Å². The van der Waals surface area contributed by atoms with Gasteiger partial charge in [0.25, 0.3) is 5.79 Å². The highest BCUT2D eigenvalue weighted by molar-refractivity contribution is 5.77. The van der Waals surface area contributed by atoms with Crippen LogP contribution in [0.2, 0.25) is 0 Å². The van der Waals surface area contributed by atoms with Crippen molar-refractivity contribution in [3.8, 4) is 0 Å². The smallest absolute Gasteiger partial charge is 0.364 e. The van der Waals surface area contributed by atoms with Gasteiger partial charge < -0.3 is 100 Å². The van der Waals surface area contributed by atoms with Gasteiger partial charge in [0.2, 0.25) is 11.8 Å². The quantitative estimate of drug-likeness (QED) is 0.0233. The van der Waals surface area contributed by atoms with E-state index >= 15 is 0 Å². The lowest BCUT2D eigenvalue weighted by atomic mass is 9.88. The number of hydrogen-bond acceptors (Lipinski definition) is 20. The molecule has 0 radical (unpaired) electrons. The molecule has 452 valence electrons. The number of hydrogen-bond donors (Lipinski definition) is 14. The third-order valence-corrected chi connectivity index (χ3v) is 14.3. The Hall–Kier alpha value is -3.05. The fourth-order valence-corrected chi connectivity index (χ4v) is 9.70. The van der Waals surface area contributed by atoms with Crippen molar-refractivity contribution in [3.05, 3.63) is 36.5 Å². The van der Waals surface area contributed by atoms with Crippen LogP contribution >= 0.6 is 0 Å². The Morgan fingerprint density at radius 1 is 0.679 bits per heavy atom. The molecule has 3 aliphatic heterocycles. The molecule has 23 heteroatoms. The van der Waals surface area contributed by atoms with E-state index in [1.807, 2.05) is 6.08 Å². The van der Waals surface area contributed by atoms with Crippen LogP contribution in [-0.2, 0) is 42.8 Å². The molecule has 0 aromatic carbocycles. The summed E-state index contributed by atoms with van der Waals surface area (Å²) in [7, 11) is 0. The third-order valence-electron chi connectivity index (χ3n) is 14.3. The summed E-state index contributed by atoms with van der Waals surface area (Å²) in [4.78, 5) is 38.2. The van der Waals surface area contributed by atoms with Gasteiger partial charge in [0.15, 0.2) is 12.6 Å². The van der Waals surface area contributed by atoms with E-state index in [0.29, 0.717) is 12.8 Å². The zero-order valence-corrected chi connectivity index (χ0v) is 46.0. The first-order chi connectivity index (χ1) is 37.4. The van der Waals surface area contributed by atoms with E-state index in [2.05, 4.69) is 48.8 Å². The summed E-state index contributed by atoms with van der Waals surface area (Å²) >= 11 is 0. The molecule has 18 unspecified atom stereocenters. The van der Waals surface area contributed by atoms with E-state index in [-0.39, 0.29) is 12.3 Å². The molecule has 14 N–H and O–H groups in total. The zero-order chi connectivity index (χ0) is 57.6. The maximum Gasteiger partial charge on any atom is 0.364 e. The molecule has 2 amide bonds. The van der Waals surface area contributed by atoms with Gasteiger partial charge in [0.1, 0.15) is 67.1 Å². The zero-order valence-electron chi connectivity index (χ0n) is 46.0. The van der Waals surface area contributed by atoms with E-state index in [0.717, 1.165) is 84.0 Å². The van der Waals surface area contributed by atoms with E-state index in [1.165, 1.54) is 32.1 Å². The molecular weight excluding hydrogens is 1020 g/mol. The molecule has 0 aromatic rings. The monoisotopic (exact) mass is 1120 g/mol. The van der Waals surface area contributed by atoms with E-state index in [4.69, 9.17) is 28.4 Å². The van der Waals surface area contributed by atoms with E-state index < -0.39 is 155 Å². The van der Waals surface area contributed by atoms with Gasteiger partial charge in [-0.2, -0.15) is 0 Å². The lowest BCUT2D eigenvalue weighted by Crippen LogP contribution is -2.70. The van der Waals surface area contributed by atoms with Gasteiger partial charge in [-0.05, 0) is 44.9 Å². The predicted molar refractivity (Wildman–Crippen MR) is 283 cm³/mol. The summed E-state index contributed by atoms with van der Waals surface area (Å²) in [6.07, 6.45) is 2.47. The minimum atomic E-state index is -3.08. The second-order valence-electron chi connectivity index (χ2n) is 20.8. The van der Waals surface area contributed by atoms with Gasteiger partial charge >= 0.3 is 5.97 Å². The lowest BCUT2D eigenvalue weighted by molar-refractivity contribution is -0.386. The number of aliphatic carboxylic acids is 1. The van der Waals surface area contributed by atoms with Crippen molar-refractivity contribution in [2.45, 2.75) is 265 Å². The van der Waals surface area contributed by atoms with Crippen molar-refractivity contribution >= 4 is 17.8 Å². The van der Waals surface area contributed by atoms with Crippen LogP contribution in [0.15, 0.2) is 36.5 Å². The van der Waals surface area contributed by atoms with E-state index in [9.17, 15) is 75.7 Å². The molecule has 0 spiro atoms. The number of amides is 2. The first kappa shape index (κ1) is 69.2. The van der Waals surface area contributed by atoms with Crippen molar-refractivity contribution in [3.63, 3.8) is 0 Å². The third kappa shape index (κ3) is 22.7. The molecule has 3 rings (SSSR count). The summed E-state index contributed by atoms with van der Waals surface area (Å²) in [5.74, 6) is -6.17. The fraction of sp³-hybridized carbons (Fsp3) is 0.836. The van der Waals surface area contributed by atoms with Crippen molar-refractivity contribution in [2.24, 2.45) is 0 Å². The van der Waals surface area contributed by atoms with Gasteiger partial charge in [-0.15, -0.1) is 0 Å². The molecule has 0 bridgehead atoms. The van der Waals surface area contributed by atoms with Crippen LogP contribution in [0.1, 0.15) is 156 Å². The molecule has 0 aliphatic carbocycles. The standard InChI is InChI=1S/C55H96N2O21/c1-4-6-8-10-12-14-15-16-17-18-19-21-23-25-27-29-42(65)57-36(37(62)28-26-24-22-20-13-11-9-7-5-2)34-73-52-47(69)46(68)49(41(33-60)75-52)76-53-48(70)51(45(67)40(32-59)74-53)78-55(54(71)72)30-38(63)43(56-35(3)61)50(77-55)44(66)39(64)31-58/h12,14-16,26,28,36-41,43-53,58-60,62-64,66-70H,4-11,13,17-25,27,29-34H2,1-3H3,(H,56,61)(H,57,65)(H,71,72)/b14-12-,16-15-,28-26+. The van der Waals surface area contributed by atoms with Crippen molar-refractivity contribution in [1.82, 2.24) is 10.6 Å². The molecule has 3 aliphatic rings. The van der Waals surface area contributed by atoms with Crippen LogP contribution in [0.4, 0.5) is 0 Å². The molecule has 23 nitrogen and oxygen atoms in total. The molecule has 0 aromatic heterocycles. The van der Waals surface area contributed by atoms with Crippen LogP contribution in [-0.4, -0.2) is 215 Å². The number of aliphatic hydroxyl groups is 11. The van der Waals surface area contributed by atoms with Crippen molar-refractivity contribution in [1.29, 1.82) is 0 Å². The topological polar surface area (TPSA) is 373 Å². The maximum absolute atomic E-state index is 13.3. The van der Waals surface area contributed by atoms with Crippen LogP contribution < -0.4 is 10.6 Å². The maximum atomic E-state index is 13.3. The highest BCUT2D eigenvalue weighted by Crippen LogP contribution is 2.38. The molecule has 18 atom stereocenters. The molecule has 0 saturated carbocycles. The number of carboxylic acid groups (broad SMARTS) is 1. The van der Waals surface area contributed by atoms with Gasteiger partial charge in [0.05, 0.1) is 50.7 Å². The average Bonchev–Trinajstić information content (AvgIpc) is 3.53. The Balaban J connectivity index is 1.69. The minimum Gasteiger partial charge on any atom is -0.477 e. The number of rotatable bonds is 39. The summed E-state index contributed by atoms with van der Waals surface area (Å²) in [6, 6.07) is -2.62. The Morgan fingerprint density at radius 3 is 1.81 bits per heavy atom. The van der Waals surface area contributed by atoms with Crippen LogP contribution in [0, 0.1) is 0 Å². The van der Waals surface area contributed by atoms with E-state index in [1.54, 1.807) is 6.08 Å². The first-order valence-corrected chi connectivity index (χ1v) is 28.4. The Kier molecular flexibility index (Phi) is 33.6. The number of allylic oxidation sites excluding steroid dienone is 5. The highest BCUT2D eigenvalue weighted by atomic mass is 16.8. The Morgan fingerprint density at radius 2 is 1.23 bits per heavy atom. The molecule has 3 fully saturated rings. The lowest BCUT2D eigenvalue weighted by Gasteiger charge is -2.50. The normalized spacial score (nSPS) is 31.4. The van der Waals surface area contributed by atoms with Gasteiger partial charge in [-0.1, -0.05) is 127 Å². The molecule has 3 saturated heterocycles. The average molecular weight is 1120 g/mol. The number of carbonyl (C=O) groups excluding carboxylic acids is 2. The van der Waals surface area contributed by atoms with Gasteiger partial charge in [-0.3, -0.25) is 9.59 Å². The number of unbranched alkanes of at least 4 members (excludes halogenated alkanes) is 16. The SMILES string of the molecule is CCCCC/C=C\C=C/CCCCCCCCC(=O)NC(COC1OC(CO)C(OC2OC(CO)C(O)C(OC3(C(=O)O)CC(O)C(NC(C)=O)C(C(O)C(O)CO)O3)C2O)C(O)C1O)C(O)/C=C/CCCCCCCCC. The molecular formula is C55H96N2O21. The fourth-order valence-electron chi connectivity index (χ4n) is 9.70. The van der Waals surface area contributed by atoms with Crippen LogP contribution in [0.25, 0.3) is 0 Å². The number of carbonyl (C=O) groups is 3. The first-order valence-electron chi connectivity index (χ1n) is 28.4. The number of carboxylic acids is 1. The predicted octanol–water partition coefficient (Wildman–Crippen LogP) is 1.16. The number of ether oxygens (including phenoxy) is 6.